The second kappa shape index (κ2) is 9.50. The quantitative estimate of drug-likeness (QED) is 0.472. The van der Waals surface area contributed by atoms with Gasteiger partial charge in [0.25, 0.3) is 11.8 Å². The van der Waals surface area contributed by atoms with Crippen molar-refractivity contribution in [3.8, 4) is 11.1 Å². The monoisotopic (exact) mass is 472 g/mol. The molecule has 2 aliphatic rings. The molecule has 3 heterocycles. The number of aryl methyl sites for hydroxylation is 1. The third-order valence-electron chi connectivity index (χ3n) is 6.87. The van der Waals surface area contributed by atoms with E-state index in [1.165, 1.54) is 12.1 Å². The molecule has 2 amide bonds. The van der Waals surface area contributed by atoms with Gasteiger partial charge in [0.2, 0.25) is 0 Å². The molecule has 2 aromatic carbocycles. The minimum atomic E-state index is -0.341. The molecule has 1 aromatic heterocycles. The summed E-state index contributed by atoms with van der Waals surface area (Å²) >= 11 is 0. The number of H-pyrrole nitrogens is 1. The van der Waals surface area contributed by atoms with Gasteiger partial charge in [0, 0.05) is 23.5 Å². The Bertz CT molecular complexity index is 1320. The Morgan fingerprint density at radius 1 is 1.17 bits per heavy atom. The summed E-state index contributed by atoms with van der Waals surface area (Å²) in [6, 6.07) is 13.7. The predicted molar refractivity (Wildman–Crippen MR) is 136 cm³/mol. The summed E-state index contributed by atoms with van der Waals surface area (Å²) in [6.07, 6.45) is 3.86. The first kappa shape index (κ1) is 23.1. The zero-order chi connectivity index (χ0) is 24.5. The Morgan fingerprint density at radius 2 is 1.94 bits per heavy atom. The molecule has 0 bridgehead atoms. The molecule has 0 spiro atoms. The smallest absolute Gasteiger partial charge is 0.256 e. The fourth-order valence-electron chi connectivity index (χ4n) is 4.94. The number of carbonyl (C=O) groups is 2. The minimum absolute atomic E-state index is 0.155. The number of amides is 2. The van der Waals surface area contributed by atoms with Crippen LogP contribution in [0.3, 0.4) is 0 Å². The number of anilines is 1. The van der Waals surface area contributed by atoms with Crippen molar-refractivity contribution in [2.75, 3.05) is 32.0 Å². The molecule has 35 heavy (non-hydrogen) atoms. The van der Waals surface area contributed by atoms with Crippen LogP contribution in [0.15, 0.2) is 48.5 Å². The van der Waals surface area contributed by atoms with Crippen LogP contribution in [0.1, 0.15) is 40.2 Å². The molecule has 2 aliphatic heterocycles. The Morgan fingerprint density at radius 3 is 2.71 bits per heavy atom. The number of halogens is 1. The van der Waals surface area contributed by atoms with Crippen molar-refractivity contribution < 1.29 is 14.0 Å². The Labute approximate surface area is 204 Å². The topological polar surface area (TPSA) is 77.2 Å². The lowest BCUT2D eigenvalue weighted by Crippen LogP contribution is -2.36. The van der Waals surface area contributed by atoms with E-state index in [-0.39, 0.29) is 17.6 Å². The van der Waals surface area contributed by atoms with Crippen LogP contribution in [0.5, 0.6) is 0 Å². The number of rotatable bonds is 5. The van der Waals surface area contributed by atoms with E-state index < -0.39 is 0 Å². The van der Waals surface area contributed by atoms with Gasteiger partial charge in [-0.2, -0.15) is 0 Å². The van der Waals surface area contributed by atoms with Gasteiger partial charge in [-0.05, 0) is 87.3 Å². The maximum absolute atomic E-state index is 13.9. The van der Waals surface area contributed by atoms with Crippen LogP contribution >= 0.6 is 0 Å². The molecule has 0 unspecified atom stereocenters. The lowest BCUT2D eigenvalue weighted by atomic mass is 9.94. The Balaban J connectivity index is 1.46. The van der Waals surface area contributed by atoms with Gasteiger partial charge in [0.05, 0.1) is 16.8 Å². The lowest BCUT2D eigenvalue weighted by Gasteiger charge is -2.28. The lowest BCUT2D eigenvalue weighted by molar-refractivity contribution is -0.110. The Hall–Kier alpha value is -3.71. The van der Waals surface area contributed by atoms with Crippen molar-refractivity contribution in [3.63, 3.8) is 0 Å². The number of benzene rings is 2. The first-order valence-corrected chi connectivity index (χ1v) is 12.0. The zero-order valence-electron chi connectivity index (χ0n) is 20.0. The van der Waals surface area contributed by atoms with E-state index in [0.717, 1.165) is 37.2 Å². The molecular weight excluding hydrogens is 443 g/mol. The molecule has 6 nitrogen and oxygen atoms in total. The molecule has 180 valence electrons. The van der Waals surface area contributed by atoms with Gasteiger partial charge >= 0.3 is 0 Å². The highest BCUT2D eigenvalue weighted by Gasteiger charge is 2.28. The molecular formula is C28H29FN4O2. The number of carbonyl (C=O) groups excluding carboxylic acids is 2. The zero-order valence-corrected chi connectivity index (χ0v) is 20.0. The molecule has 0 saturated carbocycles. The largest absolute Gasteiger partial charge is 0.358 e. The summed E-state index contributed by atoms with van der Waals surface area (Å²) in [5.74, 6) is -0.282. The molecule has 0 radical (unpaired) electrons. The van der Waals surface area contributed by atoms with E-state index in [0.29, 0.717) is 46.1 Å². The first-order valence-electron chi connectivity index (χ1n) is 12.0. The van der Waals surface area contributed by atoms with Gasteiger partial charge in [-0.15, -0.1) is 0 Å². The average Bonchev–Trinajstić information content (AvgIpc) is 3.37. The van der Waals surface area contributed by atoms with Crippen LogP contribution in [0.2, 0.25) is 0 Å². The number of nitrogens with one attached hydrogen (secondary N) is 3. The van der Waals surface area contributed by atoms with Crippen molar-refractivity contribution in [2.45, 2.75) is 19.8 Å². The van der Waals surface area contributed by atoms with Crippen molar-refractivity contribution >= 4 is 29.2 Å². The maximum Gasteiger partial charge on any atom is 0.256 e. The van der Waals surface area contributed by atoms with E-state index in [2.05, 4.69) is 27.6 Å². The number of aromatic nitrogens is 1. The van der Waals surface area contributed by atoms with Gasteiger partial charge in [-0.1, -0.05) is 24.3 Å². The molecule has 1 fully saturated rings. The average molecular weight is 473 g/mol. The van der Waals surface area contributed by atoms with Crippen molar-refractivity contribution in [3.05, 3.63) is 76.9 Å². The predicted octanol–water partition coefficient (Wildman–Crippen LogP) is 4.69. The van der Waals surface area contributed by atoms with Crippen LogP contribution < -0.4 is 10.6 Å². The number of fused-ring (bicyclic) bond motifs is 1. The number of nitrogens with zero attached hydrogens (tertiary/aromatic N) is 1. The van der Waals surface area contributed by atoms with Crippen LogP contribution in [-0.2, 0) is 4.79 Å². The van der Waals surface area contributed by atoms with Crippen LogP contribution in [-0.4, -0.2) is 48.4 Å². The third kappa shape index (κ3) is 4.77. The van der Waals surface area contributed by atoms with E-state index >= 15 is 0 Å². The number of aromatic amines is 1. The molecule has 3 aromatic rings. The van der Waals surface area contributed by atoms with Gasteiger partial charge in [0.1, 0.15) is 5.82 Å². The van der Waals surface area contributed by atoms with Crippen molar-refractivity contribution in [1.29, 1.82) is 0 Å². The first-order chi connectivity index (χ1) is 16.9. The molecule has 0 atom stereocenters. The summed E-state index contributed by atoms with van der Waals surface area (Å²) in [5.41, 5.74) is 5.16. The molecule has 0 aliphatic carbocycles. The Kier molecular flexibility index (Phi) is 6.26. The summed E-state index contributed by atoms with van der Waals surface area (Å²) < 4.78 is 13.9. The fourth-order valence-corrected chi connectivity index (χ4v) is 4.94. The summed E-state index contributed by atoms with van der Waals surface area (Å²) in [4.78, 5) is 31.6. The maximum atomic E-state index is 13.9. The summed E-state index contributed by atoms with van der Waals surface area (Å²) in [7, 11) is 2.12. The highest BCUT2D eigenvalue weighted by molar-refractivity contribution is 6.36. The normalized spacial score (nSPS) is 17.5. The fraction of sp³-hybridized carbons (Fsp3) is 0.286. The standard InChI is InChI=1S/C28H29FN4O2/c1-17-13-22(27(34)30-16-18-9-11-33(2)12-10-18)25(31-17)15-23-26-21(19-5-3-6-20(29)14-19)7-4-8-24(26)32-28(23)35/h3-8,13-15,18,31H,9-12,16H2,1-2H3,(H,30,34)(H,32,35)/b23-15-. The highest BCUT2D eigenvalue weighted by atomic mass is 19.1. The van der Waals surface area contributed by atoms with Crippen molar-refractivity contribution in [2.24, 2.45) is 5.92 Å². The van der Waals surface area contributed by atoms with E-state index in [1.807, 2.05) is 37.3 Å². The summed E-state index contributed by atoms with van der Waals surface area (Å²) in [6.45, 7) is 4.61. The summed E-state index contributed by atoms with van der Waals surface area (Å²) in [5, 5.41) is 5.99. The number of hydrogen-bond acceptors (Lipinski definition) is 3. The second-order valence-electron chi connectivity index (χ2n) is 9.49. The molecule has 1 saturated heterocycles. The van der Waals surface area contributed by atoms with E-state index in [9.17, 15) is 14.0 Å². The van der Waals surface area contributed by atoms with Gasteiger partial charge in [0.15, 0.2) is 0 Å². The van der Waals surface area contributed by atoms with Crippen LogP contribution in [0, 0.1) is 18.7 Å². The molecule has 3 N–H and O–H groups in total. The number of hydrogen-bond donors (Lipinski definition) is 3. The van der Waals surface area contributed by atoms with E-state index in [4.69, 9.17) is 0 Å². The van der Waals surface area contributed by atoms with Crippen LogP contribution in [0.4, 0.5) is 10.1 Å². The number of likely N-dealkylation sites (tertiary alicyclic amines) is 1. The molecule has 7 heteroatoms. The minimum Gasteiger partial charge on any atom is -0.358 e. The third-order valence-corrected chi connectivity index (χ3v) is 6.87. The van der Waals surface area contributed by atoms with Gasteiger partial charge in [-0.3, -0.25) is 9.59 Å². The molecule has 5 rings (SSSR count). The van der Waals surface area contributed by atoms with E-state index in [1.54, 1.807) is 12.1 Å². The van der Waals surface area contributed by atoms with Crippen molar-refractivity contribution in [1.82, 2.24) is 15.2 Å². The highest BCUT2D eigenvalue weighted by Crippen LogP contribution is 2.40. The van der Waals surface area contributed by atoms with Gasteiger partial charge in [-0.25, -0.2) is 4.39 Å². The SMILES string of the molecule is Cc1cc(C(=O)NCC2CCN(C)CC2)c(/C=C2\C(=O)Nc3cccc(-c4cccc(F)c4)c32)[nH]1. The van der Waals surface area contributed by atoms with Crippen LogP contribution in [0.25, 0.3) is 22.8 Å². The van der Waals surface area contributed by atoms with Gasteiger partial charge < -0.3 is 20.5 Å². The number of piperidine rings is 1. The second-order valence-corrected chi connectivity index (χ2v) is 9.49.